The van der Waals surface area contributed by atoms with Crippen LogP contribution in [0.4, 0.5) is 5.69 Å². The normalized spacial score (nSPS) is 11.2. The molecule has 0 atom stereocenters. The highest BCUT2D eigenvalue weighted by molar-refractivity contribution is 6.10. The summed E-state index contributed by atoms with van der Waals surface area (Å²) in [7, 11) is 1.56. The van der Waals surface area contributed by atoms with Crippen LogP contribution in [0.25, 0.3) is 16.8 Å². The molecule has 0 unspecified atom stereocenters. The minimum absolute atomic E-state index is 0.000982. The van der Waals surface area contributed by atoms with E-state index < -0.39 is 5.91 Å². The lowest BCUT2D eigenvalue weighted by molar-refractivity contribution is -0.112. The Morgan fingerprint density at radius 2 is 1.83 bits per heavy atom. The highest BCUT2D eigenvalue weighted by atomic mass is 16.5. The van der Waals surface area contributed by atoms with Gasteiger partial charge in [-0.1, -0.05) is 50.2 Å². The number of hydrogen-bond acceptors (Lipinski definition) is 4. The molecule has 30 heavy (non-hydrogen) atoms. The van der Waals surface area contributed by atoms with Crippen molar-refractivity contribution in [1.29, 1.82) is 5.26 Å². The summed E-state index contributed by atoms with van der Waals surface area (Å²) in [4.78, 5) is 12.6. The fraction of sp³-hybridized carbons (Fsp3) is 0.200. The second-order valence-electron chi connectivity index (χ2n) is 7.30. The zero-order chi connectivity index (χ0) is 21.5. The van der Waals surface area contributed by atoms with E-state index in [4.69, 9.17) is 9.47 Å². The molecule has 0 aliphatic heterocycles. The fourth-order valence-corrected chi connectivity index (χ4v) is 2.93. The van der Waals surface area contributed by atoms with Crippen LogP contribution in [0.1, 0.15) is 19.4 Å². The fourth-order valence-electron chi connectivity index (χ4n) is 2.93. The number of carbonyl (C=O) groups is 1. The van der Waals surface area contributed by atoms with Crippen molar-refractivity contribution in [3.63, 3.8) is 0 Å². The van der Waals surface area contributed by atoms with Gasteiger partial charge in [-0.3, -0.25) is 4.79 Å². The Morgan fingerprint density at radius 1 is 1.07 bits per heavy atom. The lowest BCUT2D eigenvalue weighted by Gasteiger charge is -2.13. The molecule has 0 bridgehead atoms. The maximum Gasteiger partial charge on any atom is 0.266 e. The SMILES string of the molecule is COc1cc(C=C(C#N)C(=O)Nc2ccc3ccccc3c2)ccc1OCC(C)C. The summed E-state index contributed by atoms with van der Waals surface area (Å²) in [6.45, 7) is 4.71. The van der Waals surface area contributed by atoms with E-state index in [1.54, 1.807) is 25.3 Å². The zero-order valence-corrected chi connectivity index (χ0v) is 17.3. The number of rotatable bonds is 7. The number of ether oxygens (including phenoxy) is 2. The van der Waals surface area contributed by atoms with Crippen molar-refractivity contribution in [3.8, 4) is 17.6 Å². The van der Waals surface area contributed by atoms with Gasteiger partial charge in [0, 0.05) is 5.69 Å². The number of carbonyl (C=O) groups excluding carboxylic acids is 1. The molecule has 3 aromatic rings. The van der Waals surface area contributed by atoms with E-state index in [0.717, 1.165) is 10.8 Å². The smallest absolute Gasteiger partial charge is 0.266 e. The number of amides is 1. The number of nitrogens with zero attached hydrogens (tertiary/aromatic N) is 1. The molecule has 5 nitrogen and oxygen atoms in total. The average Bonchev–Trinajstić information content (AvgIpc) is 2.76. The van der Waals surface area contributed by atoms with Gasteiger partial charge in [-0.25, -0.2) is 0 Å². The Bertz CT molecular complexity index is 1130. The minimum atomic E-state index is -0.466. The number of fused-ring (bicyclic) bond motifs is 1. The lowest BCUT2D eigenvalue weighted by Crippen LogP contribution is -2.13. The maximum atomic E-state index is 12.6. The predicted octanol–water partition coefficient (Wildman–Crippen LogP) is 5.43. The topological polar surface area (TPSA) is 71.3 Å². The zero-order valence-electron chi connectivity index (χ0n) is 17.3. The Balaban J connectivity index is 1.79. The summed E-state index contributed by atoms with van der Waals surface area (Å²) in [6.07, 6.45) is 1.53. The first-order valence-electron chi connectivity index (χ1n) is 9.73. The van der Waals surface area contributed by atoms with Crippen LogP contribution in [-0.4, -0.2) is 19.6 Å². The summed E-state index contributed by atoms with van der Waals surface area (Å²) < 4.78 is 11.1. The molecule has 3 rings (SSSR count). The maximum absolute atomic E-state index is 12.6. The van der Waals surface area contributed by atoms with Gasteiger partial charge in [-0.15, -0.1) is 0 Å². The quantitative estimate of drug-likeness (QED) is 0.424. The van der Waals surface area contributed by atoms with Gasteiger partial charge in [-0.2, -0.15) is 5.26 Å². The number of hydrogen-bond donors (Lipinski definition) is 1. The second-order valence-corrected chi connectivity index (χ2v) is 7.30. The largest absolute Gasteiger partial charge is 0.493 e. The van der Waals surface area contributed by atoms with E-state index in [1.165, 1.54) is 6.08 Å². The van der Waals surface area contributed by atoms with Gasteiger partial charge < -0.3 is 14.8 Å². The molecule has 0 saturated carbocycles. The van der Waals surface area contributed by atoms with Gasteiger partial charge in [0.05, 0.1) is 13.7 Å². The first-order chi connectivity index (χ1) is 14.5. The number of nitriles is 1. The summed E-state index contributed by atoms with van der Waals surface area (Å²) in [6, 6.07) is 20.8. The molecule has 3 aromatic carbocycles. The number of anilines is 1. The van der Waals surface area contributed by atoms with Crippen LogP contribution >= 0.6 is 0 Å². The summed E-state index contributed by atoms with van der Waals surface area (Å²) in [5, 5.41) is 14.4. The molecule has 1 N–H and O–H groups in total. The Kier molecular flexibility index (Phi) is 6.71. The van der Waals surface area contributed by atoms with E-state index >= 15 is 0 Å². The molecule has 0 heterocycles. The monoisotopic (exact) mass is 400 g/mol. The molecule has 0 saturated heterocycles. The van der Waals surface area contributed by atoms with Gasteiger partial charge >= 0.3 is 0 Å². The van der Waals surface area contributed by atoms with Crippen molar-refractivity contribution >= 4 is 28.4 Å². The van der Waals surface area contributed by atoms with E-state index in [0.29, 0.717) is 35.3 Å². The van der Waals surface area contributed by atoms with Crippen molar-refractivity contribution < 1.29 is 14.3 Å². The predicted molar refractivity (Wildman–Crippen MR) is 119 cm³/mol. The number of nitrogens with one attached hydrogen (secondary N) is 1. The summed E-state index contributed by atoms with van der Waals surface area (Å²) in [5.74, 6) is 1.10. The van der Waals surface area contributed by atoms with Crippen LogP contribution in [0, 0.1) is 17.2 Å². The van der Waals surface area contributed by atoms with Crippen molar-refractivity contribution in [1.82, 2.24) is 0 Å². The van der Waals surface area contributed by atoms with Crippen molar-refractivity contribution in [2.24, 2.45) is 5.92 Å². The molecular weight excluding hydrogens is 376 g/mol. The summed E-state index contributed by atoms with van der Waals surface area (Å²) >= 11 is 0. The highest BCUT2D eigenvalue weighted by Crippen LogP contribution is 2.29. The molecule has 0 radical (unpaired) electrons. The third kappa shape index (κ3) is 5.18. The Labute approximate surface area is 176 Å². The lowest BCUT2D eigenvalue weighted by atomic mass is 10.1. The van der Waals surface area contributed by atoms with Crippen molar-refractivity contribution in [2.75, 3.05) is 19.0 Å². The average molecular weight is 400 g/mol. The van der Waals surface area contributed by atoms with Gasteiger partial charge in [0.1, 0.15) is 11.6 Å². The molecule has 0 spiro atoms. The molecule has 0 fully saturated rings. The Hall–Kier alpha value is -3.78. The second kappa shape index (κ2) is 9.62. The van der Waals surface area contributed by atoms with Crippen molar-refractivity contribution in [3.05, 3.63) is 71.8 Å². The highest BCUT2D eigenvalue weighted by Gasteiger charge is 2.12. The molecule has 0 aliphatic rings. The van der Waals surface area contributed by atoms with Crippen LogP contribution in [-0.2, 0) is 4.79 Å². The first kappa shape index (κ1) is 20.9. The van der Waals surface area contributed by atoms with Crippen LogP contribution in [0.5, 0.6) is 11.5 Å². The number of benzene rings is 3. The molecule has 1 amide bonds. The van der Waals surface area contributed by atoms with Crippen LogP contribution in [0.15, 0.2) is 66.2 Å². The third-order valence-corrected chi connectivity index (χ3v) is 4.44. The van der Waals surface area contributed by atoms with Gasteiger partial charge in [0.2, 0.25) is 0 Å². The minimum Gasteiger partial charge on any atom is -0.493 e. The van der Waals surface area contributed by atoms with Crippen LogP contribution < -0.4 is 14.8 Å². The van der Waals surface area contributed by atoms with Crippen molar-refractivity contribution in [2.45, 2.75) is 13.8 Å². The third-order valence-electron chi connectivity index (χ3n) is 4.44. The Morgan fingerprint density at radius 3 is 2.53 bits per heavy atom. The van der Waals surface area contributed by atoms with Gasteiger partial charge in [-0.05, 0) is 52.6 Å². The molecule has 0 aromatic heterocycles. The van der Waals surface area contributed by atoms with Gasteiger partial charge in [0.25, 0.3) is 5.91 Å². The van der Waals surface area contributed by atoms with Crippen LogP contribution in [0.2, 0.25) is 0 Å². The van der Waals surface area contributed by atoms with Crippen LogP contribution in [0.3, 0.4) is 0 Å². The molecule has 152 valence electrons. The molecule has 0 aliphatic carbocycles. The number of methoxy groups -OCH3 is 1. The van der Waals surface area contributed by atoms with Gasteiger partial charge in [0.15, 0.2) is 11.5 Å². The van der Waals surface area contributed by atoms with E-state index in [2.05, 4.69) is 19.2 Å². The van der Waals surface area contributed by atoms with E-state index in [-0.39, 0.29) is 5.57 Å². The molecular formula is C25H24N2O3. The molecule has 5 heteroatoms. The summed E-state index contributed by atoms with van der Waals surface area (Å²) in [5.41, 5.74) is 1.31. The standard InChI is InChI=1S/C25H24N2O3/c1-17(2)16-30-23-11-8-18(13-24(23)29-3)12-21(15-26)25(28)27-22-10-9-19-6-4-5-7-20(19)14-22/h4-14,17H,16H2,1-3H3,(H,27,28). The first-order valence-corrected chi connectivity index (χ1v) is 9.73. The van der Waals surface area contributed by atoms with E-state index in [1.807, 2.05) is 48.5 Å². The van der Waals surface area contributed by atoms with E-state index in [9.17, 15) is 10.1 Å².